The minimum absolute atomic E-state index is 0.00959. The molecule has 0 aliphatic carbocycles. The lowest BCUT2D eigenvalue weighted by atomic mass is 10.0. The number of nitrogens with zero attached hydrogens (tertiary/aromatic N) is 2. The molecule has 1 aromatic heterocycles. The lowest BCUT2D eigenvalue weighted by molar-refractivity contribution is -0.141. The second kappa shape index (κ2) is 12.8. The van der Waals surface area contributed by atoms with Gasteiger partial charge in [0.25, 0.3) is 10.0 Å². The Bertz CT molecular complexity index is 1640. The van der Waals surface area contributed by atoms with Gasteiger partial charge in [-0.15, -0.1) is 0 Å². The number of fused-ring (bicyclic) bond motifs is 1. The van der Waals surface area contributed by atoms with E-state index in [1.165, 1.54) is 44.4 Å². The fraction of sp³-hybridized carbons (Fsp3) is 0.310. The molecule has 8 nitrogen and oxygen atoms in total. The van der Waals surface area contributed by atoms with Gasteiger partial charge in [-0.05, 0) is 61.7 Å². The van der Waals surface area contributed by atoms with E-state index in [-0.39, 0.29) is 48.0 Å². The van der Waals surface area contributed by atoms with Gasteiger partial charge in [-0.3, -0.25) is 9.10 Å². The first-order valence-corrected chi connectivity index (χ1v) is 14.8. The Morgan fingerprint density at radius 2 is 1.98 bits per heavy atom. The molecule has 1 aliphatic heterocycles. The number of alkyl halides is 3. The van der Waals surface area contributed by atoms with Gasteiger partial charge in [0, 0.05) is 18.2 Å². The average Bonchev–Trinajstić information content (AvgIpc) is 2.95. The van der Waals surface area contributed by atoms with E-state index in [2.05, 4.69) is 9.72 Å². The molecule has 0 N–H and O–H groups in total. The predicted molar refractivity (Wildman–Crippen MR) is 152 cm³/mol. The van der Waals surface area contributed by atoms with Crippen molar-refractivity contribution in [2.45, 2.75) is 43.9 Å². The van der Waals surface area contributed by atoms with Crippen molar-refractivity contribution in [2.24, 2.45) is 0 Å². The van der Waals surface area contributed by atoms with Crippen molar-refractivity contribution < 1.29 is 45.0 Å². The summed E-state index contributed by atoms with van der Waals surface area (Å²) in [6.45, 7) is 2.75. The zero-order valence-corrected chi connectivity index (χ0v) is 24.8. The number of carbonyl (C=O) groups excluding carboxylic acids is 1. The second-order valence-corrected chi connectivity index (χ2v) is 11.7. The number of allylic oxidation sites excluding steroid dienone is 1. The van der Waals surface area contributed by atoms with Gasteiger partial charge in [0.1, 0.15) is 17.7 Å². The van der Waals surface area contributed by atoms with Crippen LogP contribution in [0.1, 0.15) is 43.4 Å². The third kappa shape index (κ3) is 7.04. The van der Waals surface area contributed by atoms with Crippen molar-refractivity contribution in [3.63, 3.8) is 0 Å². The molecule has 0 amide bonds. The van der Waals surface area contributed by atoms with Crippen molar-refractivity contribution in [1.29, 1.82) is 0 Å². The summed E-state index contributed by atoms with van der Waals surface area (Å²) in [6, 6.07) is 9.24. The van der Waals surface area contributed by atoms with Crippen molar-refractivity contribution in [1.82, 2.24) is 4.98 Å². The molecule has 230 valence electrons. The van der Waals surface area contributed by atoms with E-state index in [1.54, 1.807) is 19.1 Å². The molecule has 2 heterocycles. The topological polar surface area (TPSA) is 95.0 Å². The largest absolute Gasteiger partial charge is 0.486 e. The maximum absolute atomic E-state index is 14.5. The van der Waals surface area contributed by atoms with Gasteiger partial charge in [-0.1, -0.05) is 29.8 Å². The standard InChI is InChI=1S/C29H27ClF4N2O6S/c1-4-41-28-25(14-19(15-35-28)29(32,33)34)43(38,39)36-16-20(9-11-26(37)40-3)42-24-10-8-18(13-23(24)36)12-17(2)27-21(30)6-5-7-22(27)31/h5-8,10,12-15,20H,4,9,11,16H2,1-3H3/t20-/m0/s1. The van der Waals surface area contributed by atoms with Crippen LogP contribution >= 0.6 is 11.6 Å². The molecule has 0 radical (unpaired) electrons. The number of rotatable bonds is 9. The van der Waals surface area contributed by atoms with Gasteiger partial charge >= 0.3 is 12.1 Å². The molecule has 43 heavy (non-hydrogen) atoms. The smallest absolute Gasteiger partial charge is 0.417 e. The number of aromatic nitrogens is 1. The average molecular weight is 643 g/mol. The molecule has 3 aromatic rings. The number of halogens is 5. The summed E-state index contributed by atoms with van der Waals surface area (Å²) < 4.78 is 100. The maximum Gasteiger partial charge on any atom is 0.417 e. The molecule has 2 aromatic carbocycles. The number of anilines is 1. The molecular weight excluding hydrogens is 616 g/mol. The molecule has 0 fully saturated rings. The third-order valence-electron chi connectivity index (χ3n) is 6.55. The van der Waals surface area contributed by atoms with Crippen LogP contribution in [-0.4, -0.2) is 45.7 Å². The van der Waals surface area contributed by atoms with Crippen LogP contribution in [0.3, 0.4) is 0 Å². The van der Waals surface area contributed by atoms with Gasteiger partial charge in [-0.2, -0.15) is 13.2 Å². The Morgan fingerprint density at radius 3 is 2.63 bits per heavy atom. The summed E-state index contributed by atoms with van der Waals surface area (Å²) in [6.07, 6.45) is -3.69. The van der Waals surface area contributed by atoms with E-state index in [9.17, 15) is 30.8 Å². The van der Waals surface area contributed by atoms with Crippen LogP contribution in [0.2, 0.25) is 5.02 Å². The SMILES string of the molecule is CCOc1ncc(C(F)(F)F)cc1S(=O)(=O)N1C[C@H](CCC(=O)OC)Oc2ccc(C=C(C)c3c(F)cccc3Cl)cc21. The van der Waals surface area contributed by atoms with Crippen molar-refractivity contribution in [2.75, 3.05) is 24.6 Å². The molecule has 0 saturated heterocycles. The van der Waals surface area contributed by atoms with E-state index >= 15 is 0 Å². The summed E-state index contributed by atoms with van der Waals surface area (Å²) in [5.74, 6) is -1.51. The number of benzene rings is 2. The highest BCUT2D eigenvalue weighted by Gasteiger charge is 2.39. The molecule has 4 rings (SSSR count). The number of hydrogen-bond donors (Lipinski definition) is 0. The number of methoxy groups -OCH3 is 1. The Balaban J connectivity index is 1.85. The zero-order chi connectivity index (χ0) is 31.5. The Hall–Kier alpha value is -3.84. The van der Waals surface area contributed by atoms with E-state index in [0.29, 0.717) is 23.4 Å². The van der Waals surface area contributed by atoms with Crippen LogP contribution in [0.25, 0.3) is 11.6 Å². The third-order valence-corrected chi connectivity index (χ3v) is 8.64. The first-order chi connectivity index (χ1) is 20.3. The maximum atomic E-state index is 14.5. The number of esters is 1. The van der Waals surface area contributed by atoms with Gasteiger partial charge in [-0.25, -0.2) is 17.8 Å². The van der Waals surface area contributed by atoms with Crippen LogP contribution in [0.4, 0.5) is 23.2 Å². The summed E-state index contributed by atoms with van der Waals surface area (Å²) in [5.41, 5.74) is -0.248. The molecular formula is C29H27ClF4N2O6S. The fourth-order valence-corrected chi connectivity index (χ4v) is 6.43. The number of ether oxygens (including phenoxy) is 3. The highest BCUT2D eigenvalue weighted by atomic mass is 35.5. The molecule has 0 bridgehead atoms. The van der Waals surface area contributed by atoms with Gasteiger partial charge in [0.2, 0.25) is 5.88 Å². The molecule has 0 saturated carbocycles. The summed E-state index contributed by atoms with van der Waals surface area (Å²) in [4.78, 5) is 14.6. The summed E-state index contributed by atoms with van der Waals surface area (Å²) in [5, 5.41) is 0.174. The predicted octanol–water partition coefficient (Wildman–Crippen LogP) is 6.76. The van der Waals surface area contributed by atoms with Crippen LogP contribution < -0.4 is 13.8 Å². The molecule has 1 atom stereocenters. The highest BCUT2D eigenvalue weighted by molar-refractivity contribution is 7.93. The van der Waals surface area contributed by atoms with Gasteiger partial charge in [0.05, 0.1) is 36.5 Å². The highest BCUT2D eigenvalue weighted by Crippen LogP contribution is 2.42. The Kier molecular flexibility index (Phi) is 9.55. The lowest BCUT2D eigenvalue weighted by Gasteiger charge is -2.36. The van der Waals surface area contributed by atoms with E-state index < -0.39 is 50.4 Å². The normalized spacial score (nSPS) is 15.5. The van der Waals surface area contributed by atoms with Crippen LogP contribution in [0, 0.1) is 5.82 Å². The molecule has 0 unspecified atom stereocenters. The number of sulfonamides is 1. The lowest BCUT2D eigenvalue weighted by Crippen LogP contribution is -2.44. The van der Waals surface area contributed by atoms with Crippen molar-refractivity contribution in [3.8, 4) is 11.6 Å². The quantitative estimate of drug-likeness (QED) is 0.145. The number of carbonyl (C=O) groups is 1. The zero-order valence-electron chi connectivity index (χ0n) is 23.2. The fourth-order valence-electron chi connectivity index (χ4n) is 4.51. The van der Waals surface area contributed by atoms with Gasteiger partial charge in [0.15, 0.2) is 4.90 Å². The van der Waals surface area contributed by atoms with E-state index in [0.717, 1.165) is 4.31 Å². The minimum atomic E-state index is -4.88. The van der Waals surface area contributed by atoms with Crippen LogP contribution in [-0.2, 0) is 25.7 Å². The number of hydrogen-bond acceptors (Lipinski definition) is 7. The van der Waals surface area contributed by atoms with Crippen LogP contribution in [0.15, 0.2) is 53.6 Å². The van der Waals surface area contributed by atoms with Crippen molar-refractivity contribution >= 4 is 44.9 Å². The first-order valence-electron chi connectivity index (χ1n) is 13.0. The first kappa shape index (κ1) is 32.1. The van der Waals surface area contributed by atoms with Gasteiger partial charge < -0.3 is 14.2 Å². The Labute approximate surface area is 250 Å². The minimum Gasteiger partial charge on any atom is -0.486 e. The molecule has 14 heteroatoms. The van der Waals surface area contributed by atoms with E-state index in [4.69, 9.17) is 21.1 Å². The second-order valence-electron chi connectivity index (χ2n) is 9.50. The molecule has 1 aliphatic rings. The number of pyridine rings is 1. The van der Waals surface area contributed by atoms with Crippen LogP contribution in [0.5, 0.6) is 11.6 Å². The summed E-state index contributed by atoms with van der Waals surface area (Å²) in [7, 11) is -3.55. The Morgan fingerprint density at radius 1 is 1.23 bits per heavy atom. The monoisotopic (exact) mass is 642 g/mol. The molecule has 0 spiro atoms. The van der Waals surface area contributed by atoms with Crippen molar-refractivity contribution in [3.05, 3.63) is 76.2 Å². The summed E-state index contributed by atoms with van der Waals surface area (Å²) >= 11 is 6.20. The van der Waals surface area contributed by atoms with E-state index in [1.807, 2.05) is 0 Å².